The van der Waals surface area contributed by atoms with Crippen LogP contribution >= 0.6 is 0 Å². The van der Waals surface area contributed by atoms with E-state index in [1.54, 1.807) is 36.4 Å². The summed E-state index contributed by atoms with van der Waals surface area (Å²) in [7, 11) is 0. The molecule has 3 aromatic rings. The molecule has 1 amide bonds. The molecule has 1 aliphatic rings. The first-order valence-corrected chi connectivity index (χ1v) is 11.6. The summed E-state index contributed by atoms with van der Waals surface area (Å²) in [5.41, 5.74) is 2.27. The molecule has 0 saturated carbocycles. The Balaban J connectivity index is 1.70. The van der Waals surface area contributed by atoms with Crippen molar-refractivity contribution < 1.29 is 23.8 Å². The maximum Gasteiger partial charge on any atom is 0.296 e. The second-order valence-electron chi connectivity index (χ2n) is 8.50. The Morgan fingerprint density at radius 1 is 1.06 bits per heavy atom. The van der Waals surface area contributed by atoms with Crippen molar-refractivity contribution in [2.45, 2.75) is 45.7 Å². The zero-order chi connectivity index (χ0) is 24.1. The highest BCUT2D eigenvalue weighted by atomic mass is 16.5. The number of nitrogens with zero attached hydrogens (tertiary/aromatic N) is 1. The van der Waals surface area contributed by atoms with Gasteiger partial charge in [0.1, 0.15) is 17.3 Å². The third-order valence-electron chi connectivity index (χ3n) is 5.95. The molecule has 2 aromatic carbocycles. The molecular weight excluding hydrogens is 430 g/mol. The normalized spacial score (nSPS) is 17.4. The third-order valence-corrected chi connectivity index (χ3v) is 5.95. The quantitative estimate of drug-likeness (QED) is 0.190. The van der Waals surface area contributed by atoms with Gasteiger partial charge in [-0.2, -0.15) is 0 Å². The number of carbonyl (C=O) groups excluding carboxylic acids is 2. The number of carbonyl (C=O) groups is 2. The second-order valence-corrected chi connectivity index (χ2v) is 8.50. The van der Waals surface area contributed by atoms with Crippen LogP contribution in [0.15, 0.2) is 76.9 Å². The summed E-state index contributed by atoms with van der Waals surface area (Å²) in [6, 6.07) is 17.3. The molecule has 0 spiro atoms. The van der Waals surface area contributed by atoms with E-state index in [-0.39, 0.29) is 17.9 Å². The average Bonchev–Trinajstić information content (AvgIpc) is 3.44. The van der Waals surface area contributed by atoms with Crippen LogP contribution in [0, 0.1) is 6.92 Å². The van der Waals surface area contributed by atoms with E-state index in [0.29, 0.717) is 23.7 Å². The van der Waals surface area contributed by atoms with E-state index >= 15 is 0 Å². The summed E-state index contributed by atoms with van der Waals surface area (Å²) in [4.78, 5) is 27.6. The van der Waals surface area contributed by atoms with Gasteiger partial charge in [-0.25, -0.2) is 0 Å². The van der Waals surface area contributed by atoms with Gasteiger partial charge < -0.3 is 19.2 Å². The molecule has 2 heterocycles. The van der Waals surface area contributed by atoms with Gasteiger partial charge in [0, 0.05) is 5.56 Å². The lowest BCUT2D eigenvalue weighted by atomic mass is 9.94. The minimum absolute atomic E-state index is 0.0683. The fraction of sp³-hybridized carbons (Fsp3) is 0.286. The number of likely N-dealkylation sites (tertiary alicyclic amines) is 1. The molecular formula is C28H29NO5. The monoisotopic (exact) mass is 459 g/mol. The molecule has 1 N–H and O–H groups in total. The van der Waals surface area contributed by atoms with E-state index in [1.807, 2.05) is 31.2 Å². The van der Waals surface area contributed by atoms with Gasteiger partial charge in [0.2, 0.25) is 0 Å². The molecule has 4 rings (SSSR count). The number of hydrogen-bond donors (Lipinski definition) is 1. The number of aliphatic hydroxyl groups excluding tert-OH is 1. The summed E-state index contributed by atoms with van der Waals surface area (Å²) < 4.78 is 11.2. The van der Waals surface area contributed by atoms with Crippen molar-refractivity contribution in [3.63, 3.8) is 0 Å². The van der Waals surface area contributed by atoms with E-state index in [9.17, 15) is 14.7 Å². The molecule has 0 aliphatic carbocycles. The second kappa shape index (κ2) is 10.4. The number of ether oxygens (including phenoxy) is 1. The number of hydrogen-bond acceptors (Lipinski definition) is 5. The predicted octanol–water partition coefficient (Wildman–Crippen LogP) is 5.78. The Kier molecular flexibility index (Phi) is 7.16. The molecule has 1 aliphatic heterocycles. The minimum Gasteiger partial charge on any atom is -0.507 e. The molecule has 6 nitrogen and oxygen atoms in total. The van der Waals surface area contributed by atoms with Gasteiger partial charge in [0.25, 0.3) is 11.7 Å². The smallest absolute Gasteiger partial charge is 0.296 e. The Labute approximate surface area is 199 Å². The maximum atomic E-state index is 13.1. The highest BCUT2D eigenvalue weighted by molar-refractivity contribution is 6.46. The van der Waals surface area contributed by atoms with Crippen LogP contribution in [0.3, 0.4) is 0 Å². The Hall–Kier alpha value is -3.80. The van der Waals surface area contributed by atoms with E-state index in [4.69, 9.17) is 9.15 Å². The largest absolute Gasteiger partial charge is 0.507 e. The van der Waals surface area contributed by atoms with Gasteiger partial charge in [-0.15, -0.1) is 0 Å². The molecule has 0 bridgehead atoms. The Bertz CT molecular complexity index is 1180. The van der Waals surface area contributed by atoms with Crippen LogP contribution in [0.5, 0.6) is 5.75 Å². The molecule has 1 fully saturated rings. The molecule has 1 aromatic heterocycles. The molecule has 1 unspecified atom stereocenters. The van der Waals surface area contributed by atoms with Gasteiger partial charge in [0.15, 0.2) is 0 Å². The lowest BCUT2D eigenvalue weighted by Gasteiger charge is -2.24. The van der Waals surface area contributed by atoms with Gasteiger partial charge in [-0.3, -0.25) is 9.59 Å². The van der Waals surface area contributed by atoms with Crippen LogP contribution < -0.4 is 4.74 Å². The number of aryl methyl sites for hydroxylation is 1. The number of furan rings is 1. The topological polar surface area (TPSA) is 80.0 Å². The number of rotatable bonds is 9. The number of unbranched alkanes of at least 4 members (excludes halogenated alkanes) is 2. The summed E-state index contributed by atoms with van der Waals surface area (Å²) in [5, 5.41) is 11.2. The van der Waals surface area contributed by atoms with Crippen molar-refractivity contribution in [2.24, 2.45) is 0 Å². The first-order valence-electron chi connectivity index (χ1n) is 11.6. The fourth-order valence-electron chi connectivity index (χ4n) is 4.21. The van der Waals surface area contributed by atoms with E-state index in [0.717, 1.165) is 30.4 Å². The first kappa shape index (κ1) is 23.4. The van der Waals surface area contributed by atoms with Gasteiger partial charge >= 0.3 is 0 Å². The number of amides is 1. The molecule has 34 heavy (non-hydrogen) atoms. The fourth-order valence-corrected chi connectivity index (χ4v) is 4.21. The van der Waals surface area contributed by atoms with E-state index in [1.165, 1.54) is 11.2 Å². The molecule has 1 saturated heterocycles. The van der Waals surface area contributed by atoms with Gasteiger partial charge in [0.05, 0.1) is 31.0 Å². The predicted molar refractivity (Wildman–Crippen MR) is 129 cm³/mol. The molecule has 176 valence electrons. The highest BCUT2D eigenvalue weighted by Crippen LogP contribution is 2.40. The van der Waals surface area contributed by atoms with Crippen LogP contribution in [0.4, 0.5) is 0 Å². The van der Waals surface area contributed by atoms with Crippen molar-refractivity contribution >= 4 is 17.4 Å². The van der Waals surface area contributed by atoms with Crippen LogP contribution in [-0.4, -0.2) is 28.3 Å². The molecule has 1 atom stereocenters. The van der Waals surface area contributed by atoms with Gasteiger partial charge in [-0.05, 0) is 55.3 Å². The van der Waals surface area contributed by atoms with Crippen molar-refractivity contribution in [3.8, 4) is 5.75 Å². The zero-order valence-corrected chi connectivity index (χ0v) is 19.5. The number of aliphatic hydroxyl groups is 1. The zero-order valence-electron chi connectivity index (χ0n) is 19.5. The number of benzene rings is 2. The minimum atomic E-state index is -0.727. The van der Waals surface area contributed by atoms with Crippen molar-refractivity contribution in [2.75, 3.05) is 6.61 Å². The summed E-state index contributed by atoms with van der Waals surface area (Å²) in [6.07, 6.45) is 4.73. The van der Waals surface area contributed by atoms with Crippen molar-refractivity contribution in [1.29, 1.82) is 0 Å². The van der Waals surface area contributed by atoms with Gasteiger partial charge in [-0.1, -0.05) is 49.6 Å². The maximum absolute atomic E-state index is 13.1. The number of ketones is 1. The van der Waals surface area contributed by atoms with Crippen LogP contribution in [0.1, 0.15) is 54.7 Å². The van der Waals surface area contributed by atoms with Crippen molar-refractivity contribution in [1.82, 2.24) is 4.90 Å². The van der Waals surface area contributed by atoms with Crippen LogP contribution in [-0.2, 0) is 16.1 Å². The lowest BCUT2D eigenvalue weighted by molar-refractivity contribution is -0.140. The summed E-state index contributed by atoms with van der Waals surface area (Å²) >= 11 is 0. The standard InChI is InChI=1S/C28H29NO5/c1-3-4-5-15-33-22-13-11-20(12-14-22)26(30)24-25(21-9-6-8-19(2)17-21)29(28(32)27(24)31)18-23-10-7-16-34-23/h6-14,16-17,25,30H,3-5,15,18H2,1-2H3/b26-24-. The van der Waals surface area contributed by atoms with Crippen LogP contribution in [0.2, 0.25) is 0 Å². The first-order chi connectivity index (χ1) is 16.5. The Morgan fingerprint density at radius 3 is 2.53 bits per heavy atom. The molecule has 0 radical (unpaired) electrons. The third kappa shape index (κ3) is 4.91. The highest BCUT2D eigenvalue weighted by Gasteiger charge is 2.46. The number of Topliss-reactive ketones (excluding diaryl/α,β-unsaturated/α-hetero) is 1. The lowest BCUT2D eigenvalue weighted by Crippen LogP contribution is -2.29. The summed E-state index contributed by atoms with van der Waals surface area (Å²) in [6.45, 7) is 4.84. The summed E-state index contributed by atoms with van der Waals surface area (Å²) in [5.74, 6) is -0.328. The average molecular weight is 460 g/mol. The SMILES string of the molecule is CCCCCOc1ccc(/C(O)=C2/C(=O)C(=O)N(Cc3ccco3)C2c2cccc(C)c2)cc1. The Morgan fingerprint density at radius 2 is 1.85 bits per heavy atom. The molecule has 6 heteroatoms. The van der Waals surface area contributed by atoms with Crippen molar-refractivity contribution in [3.05, 3.63) is 95.0 Å². The van der Waals surface area contributed by atoms with E-state index in [2.05, 4.69) is 6.92 Å². The van der Waals surface area contributed by atoms with E-state index < -0.39 is 17.7 Å². The van der Waals surface area contributed by atoms with Crippen LogP contribution in [0.25, 0.3) is 5.76 Å².